The molecule has 3 rings (SSSR count). The van der Waals surface area contributed by atoms with Crippen molar-refractivity contribution < 1.29 is 9.53 Å². The first-order valence-corrected chi connectivity index (χ1v) is 10.1. The molecule has 0 fully saturated rings. The molecule has 6 nitrogen and oxygen atoms in total. The van der Waals surface area contributed by atoms with Crippen LogP contribution in [0.5, 0.6) is 0 Å². The minimum Gasteiger partial charge on any atom is -0.382 e. The molecule has 0 radical (unpaired) electrons. The van der Waals surface area contributed by atoms with Gasteiger partial charge in [0.1, 0.15) is 5.69 Å². The Labute approximate surface area is 170 Å². The zero-order chi connectivity index (χ0) is 20.6. The third-order valence-electron chi connectivity index (χ3n) is 4.68. The molecule has 0 bridgehead atoms. The van der Waals surface area contributed by atoms with Gasteiger partial charge in [-0.05, 0) is 44.0 Å². The lowest BCUT2D eigenvalue weighted by molar-refractivity contribution is 0.0944. The number of amides is 1. The maximum Gasteiger partial charge on any atom is 0.277 e. The number of carbonyl (C=O) groups excluding carboxylic acids is 1. The normalized spacial score (nSPS) is 11.0. The SMILES string of the molecule is CCCn1c(=O)c(-c2ccc(C(=O)NCCCOCC)cc2)nc2ccccc21. The van der Waals surface area contributed by atoms with Gasteiger partial charge in [-0.25, -0.2) is 4.98 Å². The van der Waals surface area contributed by atoms with Crippen LogP contribution in [0.4, 0.5) is 0 Å². The number of benzene rings is 2. The number of fused-ring (bicyclic) bond motifs is 1. The van der Waals surface area contributed by atoms with Crippen LogP contribution in [-0.2, 0) is 11.3 Å². The first-order chi connectivity index (χ1) is 14.2. The molecule has 0 unspecified atom stereocenters. The van der Waals surface area contributed by atoms with Gasteiger partial charge in [-0.1, -0.05) is 31.2 Å². The molecule has 3 aromatic rings. The van der Waals surface area contributed by atoms with E-state index in [2.05, 4.69) is 10.3 Å². The maximum absolute atomic E-state index is 13.0. The topological polar surface area (TPSA) is 73.2 Å². The number of hydrogen-bond donors (Lipinski definition) is 1. The highest BCUT2D eigenvalue weighted by Gasteiger charge is 2.13. The summed E-state index contributed by atoms with van der Waals surface area (Å²) in [5, 5.41) is 2.88. The lowest BCUT2D eigenvalue weighted by Gasteiger charge is -2.12. The summed E-state index contributed by atoms with van der Waals surface area (Å²) in [6.07, 6.45) is 1.63. The average molecular weight is 393 g/mol. The fraction of sp³-hybridized carbons (Fsp3) is 0.348. The van der Waals surface area contributed by atoms with E-state index in [1.54, 1.807) is 28.8 Å². The lowest BCUT2D eigenvalue weighted by Crippen LogP contribution is -2.25. The average Bonchev–Trinajstić information content (AvgIpc) is 2.75. The monoisotopic (exact) mass is 393 g/mol. The number of carbonyl (C=O) groups is 1. The Morgan fingerprint density at radius 2 is 1.86 bits per heavy atom. The number of rotatable bonds is 9. The van der Waals surface area contributed by atoms with Crippen molar-refractivity contribution in [1.29, 1.82) is 0 Å². The maximum atomic E-state index is 13.0. The van der Waals surface area contributed by atoms with Crippen LogP contribution in [0.25, 0.3) is 22.3 Å². The summed E-state index contributed by atoms with van der Waals surface area (Å²) < 4.78 is 7.04. The number of para-hydroxylation sites is 2. The molecule has 0 saturated heterocycles. The second kappa shape index (κ2) is 9.98. The quantitative estimate of drug-likeness (QED) is 0.564. The fourth-order valence-corrected chi connectivity index (χ4v) is 3.23. The Balaban J connectivity index is 1.83. The summed E-state index contributed by atoms with van der Waals surface area (Å²) in [6, 6.07) is 14.7. The summed E-state index contributed by atoms with van der Waals surface area (Å²) in [6.45, 7) is 6.50. The van der Waals surface area contributed by atoms with E-state index < -0.39 is 0 Å². The smallest absolute Gasteiger partial charge is 0.277 e. The summed E-state index contributed by atoms with van der Waals surface area (Å²) in [7, 11) is 0. The van der Waals surface area contributed by atoms with E-state index in [1.165, 1.54) is 0 Å². The van der Waals surface area contributed by atoms with Gasteiger partial charge in [0, 0.05) is 37.4 Å². The second-order valence-electron chi connectivity index (χ2n) is 6.79. The van der Waals surface area contributed by atoms with Gasteiger partial charge in [-0.3, -0.25) is 9.59 Å². The first-order valence-electron chi connectivity index (χ1n) is 10.1. The van der Waals surface area contributed by atoms with Crippen molar-refractivity contribution in [2.75, 3.05) is 19.8 Å². The standard InChI is InChI=1S/C23H27N3O3/c1-3-15-26-20-9-6-5-8-19(20)25-21(23(26)28)17-10-12-18(13-11-17)22(27)24-14-7-16-29-4-2/h5-6,8-13H,3-4,7,14-16H2,1-2H3,(H,24,27). The van der Waals surface area contributed by atoms with Gasteiger partial charge in [0.2, 0.25) is 0 Å². The van der Waals surface area contributed by atoms with Crippen LogP contribution in [0.15, 0.2) is 53.3 Å². The minimum absolute atomic E-state index is 0.112. The van der Waals surface area contributed by atoms with E-state index in [-0.39, 0.29) is 11.5 Å². The minimum atomic E-state index is -0.136. The molecule has 2 aromatic carbocycles. The molecular formula is C23H27N3O3. The molecule has 152 valence electrons. The number of ether oxygens (including phenoxy) is 1. The molecule has 29 heavy (non-hydrogen) atoms. The van der Waals surface area contributed by atoms with Gasteiger partial charge in [-0.2, -0.15) is 0 Å². The fourth-order valence-electron chi connectivity index (χ4n) is 3.23. The van der Waals surface area contributed by atoms with Crippen molar-refractivity contribution in [1.82, 2.24) is 14.9 Å². The summed E-state index contributed by atoms with van der Waals surface area (Å²) in [5.41, 5.74) is 3.18. The highest BCUT2D eigenvalue weighted by atomic mass is 16.5. The Kier molecular flexibility index (Phi) is 7.14. The largest absolute Gasteiger partial charge is 0.382 e. The van der Waals surface area contributed by atoms with Crippen LogP contribution in [-0.4, -0.2) is 35.2 Å². The number of aromatic nitrogens is 2. The number of aryl methyl sites for hydroxylation is 1. The molecule has 0 aliphatic rings. The second-order valence-corrected chi connectivity index (χ2v) is 6.79. The van der Waals surface area contributed by atoms with Crippen molar-refractivity contribution in [3.05, 3.63) is 64.4 Å². The van der Waals surface area contributed by atoms with Crippen molar-refractivity contribution in [2.24, 2.45) is 0 Å². The van der Waals surface area contributed by atoms with Gasteiger partial charge in [0.15, 0.2) is 0 Å². The van der Waals surface area contributed by atoms with Crippen LogP contribution >= 0.6 is 0 Å². The molecule has 1 aromatic heterocycles. The van der Waals surface area contributed by atoms with Crippen LogP contribution in [0.1, 0.15) is 37.0 Å². The van der Waals surface area contributed by atoms with E-state index in [9.17, 15) is 9.59 Å². The Morgan fingerprint density at radius 1 is 1.10 bits per heavy atom. The van der Waals surface area contributed by atoms with Crippen molar-refractivity contribution in [2.45, 2.75) is 33.2 Å². The van der Waals surface area contributed by atoms with E-state index >= 15 is 0 Å². The number of hydrogen-bond acceptors (Lipinski definition) is 4. The summed E-state index contributed by atoms with van der Waals surface area (Å²) >= 11 is 0. The highest BCUT2D eigenvalue weighted by Crippen LogP contribution is 2.18. The third-order valence-corrected chi connectivity index (χ3v) is 4.68. The van der Waals surface area contributed by atoms with Gasteiger partial charge in [0.05, 0.1) is 11.0 Å². The molecule has 0 saturated carbocycles. The Hall–Kier alpha value is -2.99. The number of nitrogens with zero attached hydrogens (tertiary/aromatic N) is 2. The highest BCUT2D eigenvalue weighted by molar-refractivity contribution is 5.94. The van der Waals surface area contributed by atoms with Gasteiger partial charge in [0.25, 0.3) is 11.5 Å². The zero-order valence-electron chi connectivity index (χ0n) is 17.0. The molecule has 1 heterocycles. The third kappa shape index (κ3) is 4.90. The van der Waals surface area contributed by atoms with Crippen molar-refractivity contribution in [3.8, 4) is 11.3 Å². The van der Waals surface area contributed by atoms with Crippen LogP contribution in [0.3, 0.4) is 0 Å². The molecular weight excluding hydrogens is 366 g/mol. The molecule has 1 amide bonds. The lowest BCUT2D eigenvalue weighted by atomic mass is 10.1. The van der Waals surface area contributed by atoms with E-state index in [0.717, 1.165) is 23.9 Å². The van der Waals surface area contributed by atoms with Crippen LogP contribution in [0, 0.1) is 0 Å². The van der Waals surface area contributed by atoms with Crippen molar-refractivity contribution in [3.63, 3.8) is 0 Å². The summed E-state index contributed by atoms with van der Waals surface area (Å²) in [4.78, 5) is 29.9. The Bertz CT molecular complexity index is 1030. The first kappa shape index (κ1) is 20.7. The zero-order valence-corrected chi connectivity index (χ0v) is 17.0. The molecule has 0 atom stereocenters. The van der Waals surface area contributed by atoms with Gasteiger partial charge in [-0.15, -0.1) is 0 Å². The molecule has 6 heteroatoms. The predicted molar refractivity (Wildman–Crippen MR) is 115 cm³/mol. The summed E-state index contributed by atoms with van der Waals surface area (Å²) in [5.74, 6) is -0.136. The van der Waals surface area contributed by atoms with E-state index in [1.807, 2.05) is 38.1 Å². The van der Waals surface area contributed by atoms with E-state index in [0.29, 0.717) is 43.1 Å². The van der Waals surface area contributed by atoms with Gasteiger partial charge < -0.3 is 14.6 Å². The molecule has 1 N–H and O–H groups in total. The van der Waals surface area contributed by atoms with Gasteiger partial charge >= 0.3 is 0 Å². The number of nitrogens with one attached hydrogen (secondary N) is 1. The predicted octanol–water partition coefficient (Wildman–Crippen LogP) is 3.63. The Morgan fingerprint density at radius 3 is 2.59 bits per heavy atom. The van der Waals surface area contributed by atoms with Crippen molar-refractivity contribution >= 4 is 16.9 Å². The van der Waals surface area contributed by atoms with Crippen LogP contribution < -0.4 is 10.9 Å². The molecule has 0 aliphatic carbocycles. The van der Waals surface area contributed by atoms with E-state index in [4.69, 9.17) is 4.74 Å². The molecule has 0 spiro atoms. The van der Waals surface area contributed by atoms with Crippen LogP contribution in [0.2, 0.25) is 0 Å². The molecule has 0 aliphatic heterocycles.